The van der Waals surface area contributed by atoms with Crippen molar-refractivity contribution in [2.75, 3.05) is 6.61 Å². The number of aromatic amines is 1. The third-order valence-corrected chi connectivity index (χ3v) is 4.23. The fourth-order valence-corrected chi connectivity index (χ4v) is 2.93. The Labute approximate surface area is 136 Å². The third kappa shape index (κ3) is 2.84. The van der Waals surface area contributed by atoms with Crippen molar-refractivity contribution in [3.63, 3.8) is 0 Å². The molecule has 0 aliphatic heterocycles. The van der Waals surface area contributed by atoms with E-state index in [1.165, 1.54) is 12.1 Å². The average Bonchev–Trinajstić information content (AvgIpc) is 2.84. The number of nitrogens with two attached hydrogens (primary N) is 2. The molecule has 9 nitrogen and oxygen atoms in total. The number of hydrogen-bond donors (Lipinski definition) is 3. The van der Waals surface area contributed by atoms with Gasteiger partial charge in [-0.05, 0) is 25.1 Å². The predicted molar refractivity (Wildman–Crippen MR) is 86.4 cm³/mol. The van der Waals surface area contributed by atoms with Crippen LogP contribution >= 0.6 is 0 Å². The van der Waals surface area contributed by atoms with Gasteiger partial charge in [0.25, 0.3) is 5.88 Å². The molecule has 0 saturated heterocycles. The number of carbonyl (C=O) groups excluding carboxylic acids is 1. The summed E-state index contributed by atoms with van der Waals surface area (Å²) in [6.07, 6.45) is -1.03. The molecule has 0 aliphatic rings. The van der Waals surface area contributed by atoms with Gasteiger partial charge >= 0.3 is 6.09 Å². The summed E-state index contributed by atoms with van der Waals surface area (Å²) in [5.74, 6) is 0.153. The van der Waals surface area contributed by atoms with Gasteiger partial charge in [0.15, 0.2) is 0 Å². The number of primary amides is 1. The van der Waals surface area contributed by atoms with Gasteiger partial charge in [-0.2, -0.15) is 4.98 Å². The monoisotopic (exact) mass is 350 g/mol. The molecule has 0 fully saturated rings. The number of fused-ring (bicyclic) bond motifs is 3. The lowest BCUT2D eigenvalue weighted by atomic mass is 10.2. The van der Waals surface area contributed by atoms with Crippen LogP contribution in [0.4, 0.5) is 4.79 Å². The molecule has 0 spiro atoms. The van der Waals surface area contributed by atoms with Gasteiger partial charge in [0.2, 0.25) is 15.9 Å². The summed E-state index contributed by atoms with van der Waals surface area (Å²) in [6, 6.07) is 5.97. The number of nitrogens with zero attached hydrogens (tertiary/aromatic N) is 1. The first-order valence-electron chi connectivity index (χ1n) is 6.89. The van der Waals surface area contributed by atoms with Crippen LogP contribution in [0.5, 0.6) is 11.8 Å². The van der Waals surface area contributed by atoms with Crippen molar-refractivity contribution < 1.29 is 22.7 Å². The van der Waals surface area contributed by atoms with E-state index in [1.54, 1.807) is 19.1 Å². The molecular formula is C14H14N4O5S. The zero-order valence-corrected chi connectivity index (χ0v) is 13.4. The largest absolute Gasteiger partial charge is 0.478 e. The molecular weight excluding hydrogens is 336 g/mol. The van der Waals surface area contributed by atoms with Crippen LogP contribution in [-0.2, 0) is 10.0 Å². The number of sulfonamides is 1. The maximum absolute atomic E-state index is 11.6. The molecule has 1 amide bonds. The molecule has 0 radical (unpaired) electrons. The van der Waals surface area contributed by atoms with E-state index in [2.05, 4.69) is 9.97 Å². The Morgan fingerprint density at radius 2 is 2.04 bits per heavy atom. The first kappa shape index (κ1) is 16.0. The number of benzene rings is 1. The maximum atomic E-state index is 11.6. The highest BCUT2D eigenvalue weighted by Crippen LogP contribution is 2.34. The van der Waals surface area contributed by atoms with Crippen molar-refractivity contribution in [1.29, 1.82) is 0 Å². The Hall–Kier alpha value is -2.85. The van der Waals surface area contributed by atoms with Gasteiger partial charge in [-0.3, -0.25) is 0 Å². The second-order valence-corrected chi connectivity index (χ2v) is 6.48. The van der Waals surface area contributed by atoms with E-state index < -0.39 is 16.1 Å². The predicted octanol–water partition coefficient (Wildman–Crippen LogP) is 1.22. The normalized spacial score (nSPS) is 11.8. The van der Waals surface area contributed by atoms with E-state index in [0.29, 0.717) is 28.4 Å². The van der Waals surface area contributed by atoms with Crippen LogP contribution in [0.25, 0.3) is 21.8 Å². The summed E-state index contributed by atoms with van der Waals surface area (Å²) in [4.78, 5) is 18.1. The van der Waals surface area contributed by atoms with Gasteiger partial charge in [0.05, 0.1) is 11.5 Å². The van der Waals surface area contributed by atoms with Crippen LogP contribution in [0.1, 0.15) is 6.92 Å². The van der Waals surface area contributed by atoms with Crippen LogP contribution in [0.3, 0.4) is 0 Å². The first-order chi connectivity index (χ1) is 11.3. The number of rotatable bonds is 4. The number of H-pyrrole nitrogens is 1. The van der Waals surface area contributed by atoms with Crippen molar-refractivity contribution in [2.24, 2.45) is 10.9 Å². The lowest BCUT2D eigenvalue weighted by Gasteiger charge is -2.06. The fourth-order valence-electron chi connectivity index (χ4n) is 2.39. The summed E-state index contributed by atoms with van der Waals surface area (Å²) < 4.78 is 33.4. The summed E-state index contributed by atoms with van der Waals surface area (Å²) >= 11 is 0. The van der Waals surface area contributed by atoms with Crippen molar-refractivity contribution in [1.82, 2.24) is 9.97 Å². The highest BCUT2D eigenvalue weighted by atomic mass is 32.2. The quantitative estimate of drug-likeness (QED) is 0.643. The summed E-state index contributed by atoms with van der Waals surface area (Å²) in [5, 5.41) is 6.30. The molecule has 2 aromatic heterocycles. The van der Waals surface area contributed by atoms with Gasteiger partial charge < -0.3 is 20.2 Å². The minimum absolute atomic E-state index is 0.0389. The van der Waals surface area contributed by atoms with Crippen LogP contribution in [0, 0.1) is 0 Å². The third-order valence-electron chi connectivity index (χ3n) is 3.32. The SMILES string of the molecule is CCOc1cc2c([nH]c3ccc(S(N)(=O)=O)cc32)c(OC(N)=O)n1. The molecule has 0 saturated carbocycles. The highest BCUT2D eigenvalue weighted by molar-refractivity contribution is 7.89. The Balaban J connectivity index is 2.34. The Bertz CT molecular complexity index is 1060. The average molecular weight is 350 g/mol. The van der Waals surface area contributed by atoms with Gasteiger partial charge in [0, 0.05) is 22.4 Å². The Morgan fingerprint density at radius 3 is 2.67 bits per heavy atom. The molecule has 3 aromatic rings. The number of nitrogens with one attached hydrogen (secondary N) is 1. The van der Waals surface area contributed by atoms with Crippen molar-refractivity contribution in [3.05, 3.63) is 24.3 Å². The van der Waals surface area contributed by atoms with E-state index >= 15 is 0 Å². The lowest BCUT2D eigenvalue weighted by molar-refractivity contribution is 0.209. The van der Waals surface area contributed by atoms with Gasteiger partial charge in [-0.25, -0.2) is 18.4 Å². The van der Waals surface area contributed by atoms with E-state index in [-0.39, 0.29) is 16.7 Å². The van der Waals surface area contributed by atoms with Crippen molar-refractivity contribution >= 4 is 37.9 Å². The summed E-state index contributed by atoms with van der Waals surface area (Å²) in [6.45, 7) is 2.12. The number of primary sulfonamides is 1. The molecule has 10 heteroatoms. The lowest BCUT2D eigenvalue weighted by Crippen LogP contribution is -2.17. The molecule has 24 heavy (non-hydrogen) atoms. The highest BCUT2D eigenvalue weighted by Gasteiger charge is 2.17. The maximum Gasteiger partial charge on any atom is 0.411 e. The van der Waals surface area contributed by atoms with Crippen molar-refractivity contribution in [2.45, 2.75) is 11.8 Å². The summed E-state index contributed by atoms with van der Waals surface area (Å²) in [5.41, 5.74) is 6.06. The van der Waals surface area contributed by atoms with E-state index in [4.69, 9.17) is 20.3 Å². The molecule has 3 rings (SSSR count). The second kappa shape index (κ2) is 5.65. The van der Waals surface area contributed by atoms with E-state index in [9.17, 15) is 13.2 Å². The Morgan fingerprint density at radius 1 is 1.29 bits per heavy atom. The summed E-state index contributed by atoms with van der Waals surface area (Å²) in [7, 11) is -3.86. The smallest absolute Gasteiger partial charge is 0.411 e. The van der Waals surface area contributed by atoms with E-state index in [0.717, 1.165) is 0 Å². The molecule has 1 aromatic carbocycles. The zero-order chi connectivity index (χ0) is 17.5. The molecule has 0 unspecified atom stereocenters. The molecule has 5 N–H and O–H groups in total. The fraction of sp³-hybridized carbons (Fsp3) is 0.143. The molecule has 0 aliphatic carbocycles. The minimum Gasteiger partial charge on any atom is -0.478 e. The number of hydrogen-bond acceptors (Lipinski definition) is 6. The number of amides is 1. The molecule has 0 atom stereocenters. The van der Waals surface area contributed by atoms with Gasteiger partial charge in [0.1, 0.15) is 5.52 Å². The number of carbonyl (C=O) groups is 1. The van der Waals surface area contributed by atoms with Gasteiger partial charge in [-0.15, -0.1) is 0 Å². The second-order valence-electron chi connectivity index (χ2n) is 4.92. The van der Waals surface area contributed by atoms with Crippen LogP contribution in [-0.4, -0.2) is 31.1 Å². The van der Waals surface area contributed by atoms with Crippen LogP contribution < -0.4 is 20.3 Å². The first-order valence-corrected chi connectivity index (χ1v) is 8.43. The van der Waals surface area contributed by atoms with Gasteiger partial charge in [-0.1, -0.05) is 0 Å². The molecule has 0 bridgehead atoms. The standard InChI is InChI=1S/C14H14N4O5S/c1-2-22-11-6-9-8-5-7(24(16,20)21)3-4-10(8)17-12(9)13(18-11)23-14(15)19/h3-6,17H,2H2,1H3,(H2,15,19)(H2,16,20,21). The number of ether oxygens (including phenoxy) is 2. The zero-order valence-electron chi connectivity index (χ0n) is 12.6. The number of aromatic nitrogens is 2. The molecule has 2 heterocycles. The van der Waals surface area contributed by atoms with Crippen LogP contribution in [0.15, 0.2) is 29.2 Å². The van der Waals surface area contributed by atoms with Crippen molar-refractivity contribution in [3.8, 4) is 11.8 Å². The molecule has 126 valence electrons. The minimum atomic E-state index is -3.86. The topological polar surface area (TPSA) is 150 Å². The number of pyridine rings is 1. The van der Waals surface area contributed by atoms with E-state index in [1.807, 2.05) is 0 Å². The van der Waals surface area contributed by atoms with Crippen LogP contribution in [0.2, 0.25) is 0 Å². The Kier molecular flexibility index (Phi) is 3.78.